The van der Waals surface area contributed by atoms with Crippen molar-refractivity contribution in [3.8, 4) is 5.75 Å². The lowest BCUT2D eigenvalue weighted by atomic mass is 10.3. The molecule has 0 radical (unpaired) electrons. The number of carbonyl (C=O) groups excluding carboxylic acids is 1. The highest BCUT2D eigenvalue weighted by Gasteiger charge is 2.10. The summed E-state index contributed by atoms with van der Waals surface area (Å²) in [5.74, 6) is 0.230. The van der Waals surface area contributed by atoms with Gasteiger partial charge in [-0.3, -0.25) is 0 Å². The quantitative estimate of drug-likeness (QED) is 0.725. The molecule has 7 heteroatoms. The molecule has 1 rings (SSSR count). The smallest absolute Gasteiger partial charge is 0.410 e. The van der Waals surface area contributed by atoms with Gasteiger partial charge in [-0.15, -0.1) is 0 Å². The first kappa shape index (κ1) is 10.5. The SMILES string of the molecule is NS(=O)(=O)NC(=O)Oc1ccccc1. The highest BCUT2D eigenvalue weighted by atomic mass is 32.2. The number of hydrogen-bond donors (Lipinski definition) is 2. The summed E-state index contributed by atoms with van der Waals surface area (Å²) in [7, 11) is -4.07. The molecule has 14 heavy (non-hydrogen) atoms. The van der Waals surface area contributed by atoms with Crippen molar-refractivity contribution in [2.24, 2.45) is 5.14 Å². The van der Waals surface area contributed by atoms with Crippen molar-refractivity contribution in [1.29, 1.82) is 0 Å². The van der Waals surface area contributed by atoms with Crippen molar-refractivity contribution >= 4 is 16.3 Å². The number of nitrogens with two attached hydrogens (primary N) is 1. The van der Waals surface area contributed by atoms with Crippen LogP contribution in [-0.2, 0) is 10.2 Å². The van der Waals surface area contributed by atoms with Gasteiger partial charge in [0.2, 0.25) is 0 Å². The van der Waals surface area contributed by atoms with Crippen LogP contribution >= 0.6 is 0 Å². The molecule has 0 atom stereocenters. The molecule has 0 bridgehead atoms. The highest BCUT2D eigenvalue weighted by Crippen LogP contribution is 2.07. The van der Waals surface area contributed by atoms with E-state index in [9.17, 15) is 13.2 Å². The fourth-order valence-corrected chi connectivity index (χ4v) is 1.01. The summed E-state index contributed by atoms with van der Waals surface area (Å²) in [6.07, 6.45) is -1.14. The fourth-order valence-electron chi connectivity index (χ4n) is 0.733. The van der Waals surface area contributed by atoms with Crippen LogP contribution in [0.2, 0.25) is 0 Å². The molecule has 1 amide bonds. The maximum absolute atomic E-state index is 10.8. The Morgan fingerprint density at radius 1 is 1.29 bits per heavy atom. The van der Waals surface area contributed by atoms with Crippen LogP contribution in [0.5, 0.6) is 5.75 Å². The first-order valence-electron chi connectivity index (χ1n) is 3.55. The number of hydrogen-bond acceptors (Lipinski definition) is 4. The Labute approximate surface area is 80.9 Å². The highest BCUT2D eigenvalue weighted by molar-refractivity contribution is 7.87. The molecule has 0 unspecified atom stereocenters. The van der Waals surface area contributed by atoms with E-state index in [1.54, 1.807) is 18.2 Å². The van der Waals surface area contributed by atoms with E-state index >= 15 is 0 Å². The summed E-state index contributed by atoms with van der Waals surface area (Å²) in [5.41, 5.74) is 0. The average Bonchev–Trinajstić information content (AvgIpc) is 2.02. The number of carbonyl (C=O) groups is 1. The molecule has 76 valence electrons. The van der Waals surface area contributed by atoms with Crippen molar-refractivity contribution in [3.05, 3.63) is 30.3 Å². The van der Waals surface area contributed by atoms with Gasteiger partial charge in [0, 0.05) is 0 Å². The molecular formula is C7H8N2O4S. The van der Waals surface area contributed by atoms with Gasteiger partial charge in [-0.05, 0) is 12.1 Å². The van der Waals surface area contributed by atoms with Gasteiger partial charge in [0.25, 0.3) is 0 Å². The zero-order valence-corrected chi connectivity index (χ0v) is 7.82. The largest absolute Gasteiger partial charge is 0.427 e. The van der Waals surface area contributed by atoms with Gasteiger partial charge < -0.3 is 4.74 Å². The van der Waals surface area contributed by atoms with Gasteiger partial charge in [-0.1, -0.05) is 18.2 Å². The standard InChI is InChI=1S/C7H8N2O4S/c8-14(11,12)9-7(10)13-6-4-2-1-3-5-6/h1-5H,(H,9,10)(H2,8,11,12). The Morgan fingerprint density at radius 3 is 2.36 bits per heavy atom. The number of benzene rings is 1. The van der Waals surface area contributed by atoms with Gasteiger partial charge in [-0.25, -0.2) is 14.7 Å². The van der Waals surface area contributed by atoms with Gasteiger partial charge in [-0.2, -0.15) is 8.42 Å². The van der Waals surface area contributed by atoms with Crippen LogP contribution in [0.15, 0.2) is 30.3 Å². The van der Waals surface area contributed by atoms with Gasteiger partial charge in [0.15, 0.2) is 0 Å². The van der Waals surface area contributed by atoms with Crippen molar-refractivity contribution in [1.82, 2.24) is 4.72 Å². The lowest BCUT2D eigenvalue weighted by Gasteiger charge is -2.03. The van der Waals surface area contributed by atoms with E-state index in [1.165, 1.54) is 16.9 Å². The van der Waals surface area contributed by atoms with E-state index in [2.05, 4.69) is 9.88 Å². The van der Waals surface area contributed by atoms with Crippen LogP contribution < -0.4 is 14.6 Å². The molecule has 0 spiro atoms. The zero-order chi connectivity index (χ0) is 10.6. The molecule has 0 saturated heterocycles. The molecule has 1 aromatic rings. The third-order valence-electron chi connectivity index (χ3n) is 1.18. The van der Waals surface area contributed by atoms with E-state index in [0.29, 0.717) is 0 Å². The van der Waals surface area contributed by atoms with Crippen LogP contribution in [0.25, 0.3) is 0 Å². The summed E-state index contributed by atoms with van der Waals surface area (Å²) in [6.45, 7) is 0. The Bertz CT molecular complexity index is 415. The number of amides is 1. The molecular weight excluding hydrogens is 208 g/mol. The zero-order valence-electron chi connectivity index (χ0n) is 7.01. The van der Waals surface area contributed by atoms with Gasteiger partial charge >= 0.3 is 16.3 Å². The number of rotatable bonds is 2. The third kappa shape index (κ3) is 3.87. The lowest BCUT2D eigenvalue weighted by Crippen LogP contribution is -2.37. The second kappa shape index (κ2) is 4.07. The monoisotopic (exact) mass is 216 g/mol. The minimum absolute atomic E-state index is 0.230. The lowest BCUT2D eigenvalue weighted by molar-refractivity contribution is 0.207. The number of para-hydroxylation sites is 1. The minimum atomic E-state index is -4.07. The molecule has 0 heterocycles. The molecule has 6 nitrogen and oxygen atoms in total. The molecule has 0 aliphatic rings. The maximum Gasteiger partial charge on any atom is 0.427 e. The van der Waals surface area contributed by atoms with Crippen molar-refractivity contribution in [2.45, 2.75) is 0 Å². The van der Waals surface area contributed by atoms with E-state index in [4.69, 9.17) is 0 Å². The van der Waals surface area contributed by atoms with Crippen molar-refractivity contribution in [2.75, 3.05) is 0 Å². The third-order valence-corrected chi connectivity index (χ3v) is 1.63. The molecule has 1 aromatic carbocycles. The summed E-state index contributed by atoms with van der Waals surface area (Å²) in [5, 5.41) is 4.55. The predicted molar refractivity (Wildman–Crippen MR) is 48.7 cm³/mol. The average molecular weight is 216 g/mol. The second-order valence-corrected chi connectivity index (χ2v) is 3.64. The Kier molecular flexibility index (Phi) is 3.05. The normalized spacial score (nSPS) is 10.6. The van der Waals surface area contributed by atoms with Crippen molar-refractivity contribution in [3.63, 3.8) is 0 Å². The molecule has 3 N–H and O–H groups in total. The van der Waals surface area contributed by atoms with E-state index in [1.807, 2.05) is 0 Å². The molecule has 0 fully saturated rings. The van der Waals surface area contributed by atoms with Crippen LogP contribution in [0.4, 0.5) is 4.79 Å². The summed E-state index contributed by atoms with van der Waals surface area (Å²) in [4.78, 5) is 10.8. The van der Waals surface area contributed by atoms with Gasteiger partial charge in [0.05, 0.1) is 0 Å². The van der Waals surface area contributed by atoms with Crippen LogP contribution in [0, 0.1) is 0 Å². The Morgan fingerprint density at radius 2 is 1.86 bits per heavy atom. The summed E-state index contributed by atoms with van der Waals surface area (Å²) < 4.78 is 26.8. The molecule has 0 saturated carbocycles. The van der Waals surface area contributed by atoms with Crippen LogP contribution in [0.1, 0.15) is 0 Å². The number of ether oxygens (including phenoxy) is 1. The van der Waals surface area contributed by atoms with Gasteiger partial charge in [0.1, 0.15) is 5.75 Å². The predicted octanol–water partition coefficient (Wildman–Crippen LogP) is -0.0215. The fraction of sp³-hybridized carbons (Fsp3) is 0. The van der Waals surface area contributed by atoms with E-state index in [-0.39, 0.29) is 5.75 Å². The Balaban J connectivity index is 2.59. The summed E-state index contributed by atoms with van der Waals surface area (Å²) in [6, 6.07) is 8.01. The van der Waals surface area contributed by atoms with Crippen LogP contribution in [-0.4, -0.2) is 14.5 Å². The summed E-state index contributed by atoms with van der Waals surface area (Å²) >= 11 is 0. The molecule has 0 aliphatic carbocycles. The Hall–Kier alpha value is -1.60. The second-order valence-electron chi connectivity index (χ2n) is 2.35. The van der Waals surface area contributed by atoms with Crippen LogP contribution in [0.3, 0.4) is 0 Å². The number of nitrogens with one attached hydrogen (secondary N) is 1. The molecule has 0 aromatic heterocycles. The first-order valence-corrected chi connectivity index (χ1v) is 5.09. The van der Waals surface area contributed by atoms with E-state index < -0.39 is 16.3 Å². The van der Waals surface area contributed by atoms with Crippen molar-refractivity contribution < 1.29 is 17.9 Å². The first-order chi connectivity index (χ1) is 6.47. The molecule has 0 aliphatic heterocycles. The van der Waals surface area contributed by atoms with E-state index in [0.717, 1.165) is 0 Å². The minimum Gasteiger partial charge on any atom is -0.410 e. The maximum atomic E-state index is 10.8. The topological polar surface area (TPSA) is 98.5 Å².